The summed E-state index contributed by atoms with van der Waals surface area (Å²) in [5.74, 6) is -0.273. The average Bonchev–Trinajstić information content (AvgIpc) is 3.13. The van der Waals surface area contributed by atoms with Gasteiger partial charge in [-0.3, -0.25) is 9.59 Å². The van der Waals surface area contributed by atoms with E-state index in [1.807, 2.05) is 30.3 Å². The van der Waals surface area contributed by atoms with Crippen LogP contribution in [-0.2, 0) is 0 Å². The molecule has 0 aliphatic heterocycles. The van der Waals surface area contributed by atoms with E-state index in [9.17, 15) is 9.59 Å². The number of fused-ring (bicyclic) bond motifs is 1. The second-order valence-electron chi connectivity index (χ2n) is 7.22. The van der Waals surface area contributed by atoms with Crippen molar-refractivity contribution in [3.8, 4) is 0 Å². The molecule has 144 valence electrons. The Kier molecular flexibility index (Phi) is 5.35. The van der Waals surface area contributed by atoms with Gasteiger partial charge in [-0.15, -0.1) is 0 Å². The molecule has 0 radical (unpaired) electrons. The van der Waals surface area contributed by atoms with Crippen molar-refractivity contribution in [1.82, 2.24) is 15.6 Å². The zero-order valence-electron chi connectivity index (χ0n) is 15.4. The Hall–Kier alpha value is -2.79. The minimum Gasteiger partial charge on any atom is -0.351 e. The van der Waals surface area contributed by atoms with Crippen LogP contribution in [0.5, 0.6) is 0 Å². The van der Waals surface area contributed by atoms with E-state index in [2.05, 4.69) is 15.6 Å². The Bertz CT molecular complexity index is 999. The first-order chi connectivity index (χ1) is 13.6. The van der Waals surface area contributed by atoms with Gasteiger partial charge in [0.1, 0.15) is 5.69 Å². The smallest absolute Gasteiger partial charge is 0.268 e. The fourth-order valence-corrected chi connectivity index (χ4v) is 3.97. The van der Waals surface area contributed by atoms with Gasteiger partial charge >= 0.3 is 0 Å². The molecule has 1 heterocycles. The van der Waals surface area contributed by atoms with Crippen LogP contribution in [0, 0.1) is 0 Å². The van der Waals surface area contributed by atoms with E-state index in [-0.39, 0.29) is 23.9 Å². The lowest BCUT2D eigenvalue weighted by Crippen LogP contribution is -2.53. The van der Waals surface area contributed by atoms with Crippen LogP contribution in [0.1, 0.15) is 46.5 Å². The summed E-state index contributed by atoms with van der Waals surface area (Å²) in [4.78, 5) is 28.4. The van der Waals surface area contributed by atoms with E-state index in [0.717, 1.165) is 36.6 Å². The number of carbonyl (C=O) groups is 2. The molecule has 0 saturated heterocycles. The van der Waals surface area contributed by atoms with Gasteiger partial charge in [-0.1, -0.05) is 42.6 Å². The number of aromatic nitrogens is 1. The van der Waals surface area contributed by atoms with Crippen LogP contribution < -0.4 is 10.6 Å². The third-order valence-corrected chi connectivity index (χ3v) is 5.50. The number of halogens is 1. The largest absolute Gasteiger partial charge is 0.351 e. The lowest BCUT2D eigenvalue weighted by atomic mass is 9.90. The minimum absolute atomic E-state index is 0.0794. The van der Waals surface area contributed by atoms with Crippen molar-refractivity contribution in [3.05, 3.63) is 70.9 Å². The van der Waals surface area contributed by atoms with Crippen LogP contribution in [0.3, 0.4) is 0 Å². The number of carbonyl (C=O) groups excluding carboxylic acids is 2. The monoisotopic (exact) mass is 395 g/mol. The molecule has 4 rings (SSSR count). The Morgan fingerprint density at radius 1 is 0.893 bits per heavy atom. The maximum absolute atomic E-state index is 12.8. The Balaban J connectivity index is 1.46. The number of aromatic amines is 1. The summed E-state index contributed by atoms with van der Waals surface area (Å²) in [6.45, 7) is 0. The molecule has 0 bridgehead atoms. The standard InChI is InChI=1S/C22H22ClN3O2/c23-16-10-11-17-15(12-16)13-20(24-17)22(28)26-19-9-5-4-8-18(19)25-21(27)14-6-2-1-3-7-14/h1-3,6-7,10-13,18-19,24H,4-5,8-9H2,(H,25,27)(H,26,28)/t18-,19+/m1/s1. The fourth-order valence-electron chi connectivity index (χ4n) is 3.79. The number of H-pyrrole nitrogens is 1. The molecular formula is C22H22ClN3O2. The van der Waals surface area contributed by atoms with Crippen LogP contribution in [0.4, 0.5) is 0 Å². The lowest BCUT2D eigenvalue weighted by Gasteiger charge is -2.32. The second-order valence-corrected chi connectivity index (χ2v) is 7.66. The molecule has 1 saturated carbocycles. The number of hydrogen-bond donors (Lipinski definition) is 3. The molecule has 3 aromatic rings. The highest BCUT2D eigenvalue weighted by Crippen LogP contribution is 2.22. The first-order valence-corrected chi connectivity index (χ1v) is 9.93. The average molecular weight is 396 g/mol. The second kappa shape index (κ2) is 8.07. The van der Waals surface area contributed by atoms with Gasteiger partial charge in [0.2, 0.25) is 0 Å². The predicted octanol–water partition coefficient (Wildman–Crippen LogP) is 4.29. The van der Waals surface area contributed by atoms with Crippen molar-refractivity contribution >= 4 is 34.3 Å². The van der Waals surface area contributed by atoms with Crippen molar-refractivity contribution in [2.24, 2.45) is 0 Å². The lowest BCUT2D eigenvalue weighted by molar-refractivity contribution is 0.0860. The van der Waals surface area contributed by atoms with Gasteiger partial charge in [-0.2, -0.15) is 0 Å². The summed E-state index contributed by atoms with van der Waals surface area (Å²) in [7, 11) is 0. The highest BCUT2D eigenvalue weighted by atomic mass is 35.5. The maximum atomic E-state index is 12.8. The van der Waals surface area contributed by atoms with E-state index in [4.69, 9.17) is 11.6 Å². The molecule has 1 aliphatic rings. The molecule has 1 aromatic heterocycles. The maximum Gasteiger partial charge on any atom is 0.268 e. The number of nitrogens with one attached hydrogen (secondary N) is 3. The molecule has 0 unspecified atom stereocenters. The topological polar surface area (TPSA) is 74.0 Å². The fraction of sp³-hybridized carbons (Fsp3) is 0.273. The number of hydrogen-bond acceptors (Lipinski definition) is 2. The molecule has 2 aromatic carbocycles. The predicted molar refractivity (Wildman–Crippen MR) is 111 cm³/mol. The minimum atomic E-state index is -0.168. The van der Waals surface area contributed by atoms with Gasteiger partial charge in [-0.05, 0) is 49.2 Å². The van der Waals surface area contributed by atoms with Crippen LogP contribution in [0.2, 0.25) is 5.02 Å². The van der Waals surface area contributed by atoms with Gasteiger partial charge in [0.15, 0.2) is 0 Å². The first kappa shape index (κ1) is 18.6. The van der Waals surface area contributed by atoms with Gasteiger partial charge in [0, 0.05) is 33.6 Å². The zero-order chi connectivity index (χ0) is 19.5. The summed E-state index contributed by atoms with van der Waals surface area (Å²) in [5.41, 5.74) is 1.99. The molecule has 0 spiro atoms. The molecule has 5 nitrogen and oxygen atoms in total. The van der Waals surface area contributed by atoms with Crippen molar-refractivity contribution in [2.75, 3.05) is 0 Å². The number of benzene rings is 2. The molecule has 28 heavy (non-hydrogen) atoms. The van der Waals surface area contributed by atoms with Crippen molar-refractivity contribution in [1.29, 1.82) is 0 Å². The number of amides is 2. The summed E-state index contributed by atoms with van der Waals surface area (Å²) >= 11 is 6.03. The molecule has 6 heteroatoms. The van der Waals surface area contributed by atoms with E-state index in [1.54, 1.807) is 24.3 Å². The Morgan fingerprint density at radius 3 is 2.29 bits per heavy atom. The molecule has 2 amide bonds. The molecule has 1 fully saturated rings. The van der Waals surface area contributed by atoms with Crippen LogP contribution in [0.25, 0.3) is 10.9 Å². The Morgan fingerprint density at radius 2 is 1.57 bits per heavy atom. The van der Waals surface area contributed by atoms with Gasteiger partial charge in [0.05, 0.1) is 0 Å². The normalized spacial score (nSPS) is 19.3. The van der Waals surface area contributed by atoms with E-state index in [0.29, 0.717) is 16.3 Å². The third-order valence-electron chi connectivity index (χ3n) is 5.26. The number of rotatable bonds is 4. The molecule has 3 N–H and O–H groups in total. The van der Waals surface area contributed by atoms with Crippen LogP contribution in [-0.4, -0.2) is 28.9 Å². The molecular weight excluding hydrogens is 374 g/mol. The van der Waals surface area contributed by atoms with Crippen molar-refractivity contribution < 1.29 is 9.59 Å². The highest BCUT2D eigenvalue weighted by Gasteiger charge is 2.28. The molecule has 1 aliphatic carbocycles. The quantitative estimate of drug-likeness (QED) is 0.616. The van der Waals surface area contributed by atoms with Gasteiger partial charge in [0.25, 0.3) is 11.8 Å². The van der Waals surface area contributed by atoms with E-state index in [1.165, 1.54) is 0 Å². The van der Waals surface area contributed by atoms with E-state index < -0.39 is 0 Å². The van der Waals surface area contributed by atoms with Crippen molar-refractivity contribution in [2.45, 2.75) is 37.8 Å². The Labute approximate surface area is 168 Å². The van der Waals surface area contributed by atoms with E-state index >= 15 is 0 Å². The first-order valence-electron chi connectivity index (χ1n) is 9.55. The summed E-state index contributed by atoms with van der Waals surface area (Å²) in [6.07, 6.45) is 3.77. The van der Waals surface area contributed by atoms with Gasteiger partial charge in [-0.25, -0.2) is 0 Å². The summed E-state index contributed by atoms with van der Waals surface area (Å²) < 4.78 is 0. The van der Waals surface area contributed by atoms with Crippen molar-refractivity contribution in [3.63, 3.8) is 0 Å². The van der Waals surface area contributed by atoms with Crippen LogP contribution >= 0.6 is 11.6 Å². The summed E-state index contributed by atoms with van der Waals surface area (Å²) in [6, 6.07) is 16.3. The SMILES string of the molecule is O=C(N[C@@H]1CCCC[C@@H]1NC(=O)c1cc2cc(Cl)ccc2[nH]1)c1ccccc1. The molecule has 2 atom stereocenters. The van der Waals surface area contributed by atoms with Crippen LogP contribution in [0.15, 0.2) is 54.6 Å². The summed E-state index contributed by atoms with van der Waals surface area (Å²) in [5, 5.41) is 7.73. The van der Waals surface area contributed by atoms with Gasteiger partial charge < -0.3 is 15.6 Å². The highest BCUT2D eigenvalue weighted by molar-refractivity contribution is 6.31. The third kappa shape index (κ3) is 4.04. The zero-order valence-corrected chi connectivity index (χ0v) is 16.1.